The molecular formula is C17H22N2O3. The third kappa shape index (κ3) is 4.22. The SMILES string of the molecule is CC(C)OCCOC(=O)c1ccc(N2CCCC2)c(C#N)c1. The smallest absolute Gasteiger partial charge is 0.338 e. The predicted molar refractivity (Wildman–Crippen MR) is 84.0 cm³/mol. The molecule has 1 aromatic carbocycles. The summed E-state index contributed by atoms with van der Waals surface area (Å²) in [4.78, 5) is 14.2. The molecule has 0 atom stereocenters. The second-order valence-corrected chi connectivity index (χ2v) is 5.59. The fraction of sp³-hybridized carbons (Fsp3) is 0.529. The van der Waals surface area contributed by atoms with Crippen molar-refractivity contribution >= 4 is 11.7 Å². The van der Waals surface area contributed by atoms with Crippen molar-refractivity contribution in [1.29, 1.82) is 5.26 Å². The third-order valence-electron chi connectivity index (χ3n) is 3.57. The van der Waals surface area contributed by atoms with Crippen molar-refractivity contribution in [3.8, 4) is 6.07 Å². The summed E-state index contributed by atoms with van der Waals surface area (Å²) in [5.41, 5.74) is 1.83. The number of anilines is 1. The molecule has 2 rings (SSSR count). The summed E-state index contributed by atoms with van der Waals surface area (Å²) in [6.07, 6.45) is 2.40. The van der Waals surface area contributed by atoms with Crippen LogP contribution in [0.2, 0.25) is 0 Å². The highest BCUT2D eigenvalue weighted by molar-refractivity contribution is 5.90. The molecule has 5 heteroatoms. The van der Waals surface area contributed by atoms with Crippen LogP contribution in [-0.4, -0.2) is 38.4 Å². The number of benzene rings is 1. The van der Waals surface area contributed by atoms with E-state index in [1.807, 2.05) is 19.9 Å². The van der Waals surface area contributed by atoms with E-state index < -0.39 is 5.97 Å². The van der Waals surface area contributed by atoms with E-state index in [-0.39, 0.29) is 12.7 Å². The highest BCUT2D eigenvalue weighted by atomic mass is 16.6. The van der Waals surface area contributed by atoms with Gasteiger partial charge in [-0.2, -0.15) is 5.26 Å². The first-order valence-electron chi connectivity index (χ1n) is 7.69. The largest absolute Gasteiger partial charge is 0.460 e. The quantitative estimate of drug-likeness (QED) is 0.597. The molecule has 1 heterocycles. The van der Waals surface area contributed by atoms with E-state index in [2.05, 4.69) is 11.0 Å². The van der Waals surface area contributed by atoms with E-state index in [4.69, 9.17) is 9.47 Å². The van der Waals surface area contributed by atoms with Gasteiger partial charge in [-0.3, -0.25) is 0 Å². The van der Waals surface area contributed by atoms with Crippen molar-refractivity contribution < 1.29 is 14.3 Å². The number of hydrogen-bond acceptors (Lipinski definition) is 5. The van der Waals surface area contributed by atoms with E-state index in [0.29, 0.717) is 17.7 Å². The highest BCUT2D eigenvalue weighted by Crippen LogP contribution is 2.25. The van der Waals surface area contributed by atoms with E-state index in [9.17, 15) is 10.1 Å². The third-order valence-corrected chi connectivity index (χ3v) is 3.57. The van der Waals surface area contributed by atoms with Gasteiger partial charge in [0.15, 0.2) is 0 Å². The molecular weight excluding hydrogens is 280 g/mol. The molecule has 0 N–H and O–H groups in total. The molecule has 1 fully saturated rings. The second-order valence-electron chi connectivity index (χ2n) is 5.59. The lowest BCUT2D eigenvalue weighted by Crippen LogP contribution is -2.19. The molecule has 0 aromatic heterocycles. The standard InChI is InChI=1S/C17H22N2O3/c1-13(2)21-9-10-22-17(20)14-5-6-16(15(11-14)12-18)19-7-3-4-8-19/h5-6,11,13H,3-4,7-10H2,1-2H3. The molecule has 1 aliphatic heterocycles. The molecule has 0 spiro atoms. The van der Waals surface area contributed by atoms with Crippen LogP contribution in [0, 0.1) is 11.3 Å². The number of ether oxygens (including phenoxy) is 2. The molecule has 0 radical (unpaired) electrons. The van der Waals surface area contributed by atoms with Crippen LogP contribution in [0.1, 0.15) is 42.6 Å². The summed E-state index contributed by atoms with van der Waals surface area (Å²) in [5, 5.41) is 9.31. The maximum atomic E-state index is 12.0. The Morgan fingerprint density at radius 3 is 2.68 bits per heavy atom. The van der Waals surface area contributed by atoms with Gasteiger partial charge in [-0.05, 0) is 44.9 Å². The topological polar surface area (TPSA) is 62.6 Å². The first-order valence-corrected chi connectivity index (χ1v) is 7.69. The number of hydrogen-bond donors (Lipinski definition) is 0. The fourth-order valence-corrected chi connectivity index (χ4v) is 2.49. The number of carbonyl (C=O) groups is 1. The van der Waals surface area contributed by atoms with E-state index in [1.165, 1.54) is 0 Å². The molecule has 0 amide bonds. The van der Waals surface area contributed by atoms with Gasteiger partial charge in [0.2, 0.25) is 0 Å². The van der Waals surface area contributed by atoms with Gasteiger partial charge in [0.25, 0.3) is 0 Å². The molecule has 5 nitrogen and oxygen atoms in total. The summed E-state index contributed by atoms with van der Waals surface area (Å²) >= 11 is 0. The van der Waals surface area contributed by atoms with Gasteiger partial charge in [-0.15, -0.1) is 0 Å². The van der Waals surface area contributed by atoms with Crippen molar-refractivity contribution in [2.24, 2.45) is 0 Å². The van der Waals surface area contributed by atoms with Gasteiger partial charge in [0, 0.05) is 13.1 Å². The Hall–Kier alpha value is -2.06. The lowest BCUT2D eigenvalue weighted by Gasteiger charge is -2.19. The first-order chi connectivity index (χ1) is 10.6. The van der Waals surface area contributed by atoms with E-state index in [1.54, 1.807) is 12.1 Å². The Morgan fingerprint density at radius 1 is 1.32 bits per heavy atom. The minimum absolute atomic E-state index is 0.114. The van der Waals surface area contributed by atoms with E-state index >= 15 is 0 Å². The van der Waals surface area contributed by atoms with Crippen LogP contribution in [0.5, 0.6) is 0 Å². The Kier molecular flexibility index (Phi) is 5.79. The van der Waals surface area contributed by atoms with Gasteiger partial charge in [-0.1, -0.05) is 0 Å². The Bertz CT molecular complexity index is 558. The van der Waals surface area contributed by atoms with Gasteiger partial charge in [0.1, 0.15) is 12.7 Å². The number of nitrogens with zero attached hydrogens (tertiary/aromatic N) is 2. The van der Waals surface area contributed by atoms with Crippen molar-refractivity contribution in [1.82, 2.24) is 0 Å². The van der Waals surface area contributed by atoms with Crippen LogP contribution in [0.4, 0.5) is 5.69 Å². The van der Waals surface area contributed by atoms with Crippen molar-refractivity contribution in [3.05, 3.63) is 29.3 Å². The van der Waals surface area contributed by atoms with Crippen LogP contribution in [0.15, 0.2) is 18.2 Å². The number of esters is 1. The van der Waals surface area contributed by atoms with E-state index in [0.717, 1.165) is 31.6 Å². The zero-order valence-electron chi connectivity index (χ0n) is 13.2. The lowest BCUT2D eigenvalue weighted by molar-refractivity contribution is 0.0177. The summed E-state index contributed by atoms with van der Waals surface area (Å²) < 4.78 is 10.5. The molecule has 0 unspecified atom stereocenters. The number of carbonyl (C=O) groups excluding carboxylic acids is 1. The van der Waals surface area contributed by atoms with Crippen LogP contribution >= 0.6 is 0 Å². The molecule has 0 saturated carbocycles. The fourth-order valence-electron chi connectivity index (χ4n) is 2.49. The summed E-state index contributed by atoms with van der Waals surface area (Å²) in [5.74, 6) is -0.420. The maximum Gasteiger partial charge on any atom is 0.338 e. The Morgan fingerprint density at radius 2 is 2.05 bits per heavy atom. The number of rotatable bonds is 6. The maximum absolute atomic E-state index is 12.0. The minimum atomic E-state index is -0.420. The summed E-state index contributed by atoms with van der Waals surface area (Å²) in [7, 11) is 0. The molecule has 118 valence electrons. The number of nitriles is 1. The molecule has 1 aliphatic rings. The molecule has 0 bridgehead atoms. The average Bonchev–Trinajstić information content (AvgIpc) is 3.04. The van der Waals surface area contributed by atoms with Gasteiger partial charge in [0.05, 0.1) is 29.5 Å². The zero-order chi connectivity index (χ0) is 15.9. The highest BCUT2D eigenvalue weighted by Gasteiger charge is 2.18. The molecule has 1 aromatic rings. The zero-order valence-corrected chi connectivity index (χ0v) is 13.2. The molecule has 1 saturated heterocycles. The van der Waals surface area contributed by atoms with Crippen LogP contribution < -0.4 is 4.90 Å². The van der Waals surface area contributed by atoms with Crippen molar-refractivity contribution in [2.75, 3.05) is 31.2 Å². The van der Waals surface area contributed by atoms with Crippen LogP contribution in [0.25, 0.3) is 0 Å². The molecule has 22 heavy (non-hydrogen) atoms. The van der Waals surface area contributed by atoms with Gasteiger partial charge < -0.3 is 14.4 Å². The first kappa shape index (κ1) is 16.3. The summed E-state index contributed by atoms with van der Waals surface area (Å²) in [6, 6.07) is 7.35. The lowest BCUT2D eigenvalue weighted by atomic mass is 10.1. The Labute approximate surface area is 131 Å². The summed E-state index contributed by atoms with van der Waals surface area (Å²) in [6.45, 7) is 6.37. The monoisotopic (exact) mass is 302 g/mol. The van der Waals surface area contributed by atoms with Crippen molar-refractivity contribution in [2.45, 2.75) is 32.8 Å². The Balaban J connectivity index is 1.99. The predicted octanol–water partition coefficient (Wildman–Crippen LogP) is 2.74. The van der Waals surface area contributed by atoms with Gasteiger partial charge in [-0.25, -0.2) is 4.79 Å². The van der Waals surface area contributed by atoms with Crippen LogP contribution in [-0.2, 0) is 9.47 Å². The van der Waals surface area contributed by atoms with Crippen molar-refractivity contribution in [3.63, 3.8) is 0 Å². The molecule has 0 aliphatic carbocycles. The second kappa shape index (κ2) is 7.81. The average molecular weight is 302 g/mol. The minimum Gasteiger partial charge on any atom is -0.460 e. The normalized spacial score (nSPS) is 14.2. The van der Waals surface area contributed by atoms with Gasteiger partial charge >= 0.3 is 5.97 Å². The van der Waals surface area contributed by atoms with Crippen LogP contribution in [0.3, 0.4) is 0 Å².